The van der Waals surface area contributed by atoms with Crippen LogP contribution in [0.3, 0.4) is 0 Å². The fourth-order valence-electron chi connectivity index (χ4n) is 1.82. The van der Waals surface area contributed by atoms with Crippen LogP contribution in [-0.2, 0) is 0 Å². The first-order valence-electron chi connectivity index (χ1n) is 5.91. The summed E-state index contributed by atoms with van der Waals surface area (Å²) in [5.41, 5.74) is 2.08. The van der Waals surface area contributed by atoms with Crippen molar-refractivity contribution in [1.29, 1.82) is 0 Å². The Hall–Kier alpha value is -1.55. The van der Waals surface area contributed by atoms with E-state index in [2.05, 4.69) is 5.32 Å². The second-order valence-electron chi connectivity index (χ2n) is 4.37. The number of piperazine rings is 1. The topological polar surface area (TPSA) is 41.6 Å². The van der Waals surface area contributed by atoms with Gasteiger partial charge in [0.05, 0.1) is 0 Å². The molecule has 4 nitrogen and oxygen atoms in total. The van der Waals surface area contributed by atoms with Crippen LogP contribution >= 0.6 is 0 Å². The summed E-state index contributed by atoms with van der Waals surface area (Å²) in [5.74, 6) is 0.661. The van der Waals surface area contributed by atoms with Crippen LogP contribution < -0.4 is 10.1 Å². The number of nitrogens with one attached hydrogen (secondary N) is 1. The first-order valence-corrected chi connectivity index (χ1v) is 5.91. The molecule has 0 unspecified atom stereocenters. The molecule has 4 heteroatoms. The van der Waals surface area contributed by atoms with Crippen molar-refractivity contribution < 1.29 is 9.53 Å². The summed E-state index contributed by atoms with van der Waals surface area (Å²) in [6, 6.07) is 5.88. The van der Waals surface area contributed by atoms with Gasteiger partial charge in [0.1, 0.15) is 5.75 Å². The summed E-state index contributed by atoms with van der Waals surface area (Å²) >= 11 is 0. The Morgan fingerprint density at radius 1 is 1.29 bits per heavy atom. The predicted octanol–water partition coefficient (Wildman–Crippen LogP) is 1.71. The van der Waals surface area contributed by atoms with Crippen molar-refractivity contribution in [1.82, 2.24) is 10.2 Å². The largest absolute Gasteiger partial charge is 0.415 e. The van der Waals surface area contributed by atoms with Gasteiger partial charge in [-0.05, 0) is 31.0 Å². The summed E-state index contributed by atoms with van der Waals surface area (Å²) in [4.78, 5) is 13.6. The molecule has 1 aliphatic heterocycles. The van der Waals surface area contributed by atoms with E-state index in [9.17, 15) is 4.79 Å². The van der Waals surface area contributed by atoms with Crippen LogP contribution in [0.15, 0.2) is 18.2 Å². The highest BCUT2D eigenvalue weighted by Gasteiger charge is 2.18. The molecule has 2 rings (SSSR count). The molecule has 1 heterocycles. The van der Waals surface area contributed by atoms with Gasteiger partial charge in [-0.2, -0.15) is 0 Å². The maximum Gasteiger partial charge on any atom is 0.415 e. The van der Waals surface area contributed by atoms with Crippen LogP contribution in [0.5, 0.6) is 5.75 Å². The van der Waals surface area contributed by atoms with E-state index in [1.54, 1.807) is 4.90 Å². The molecule has 0 bridgehead atoms. The monoisotopic (exact) mass is 234 g/mol. The maximum absolute atomic E-state index is 11.9. The molecule has 0 atom stereocenters. The third-order valence-electron chi connectivity index (χ3n) is 2.92. The highest BCUT2D eigenvalue weighted by Crippen LogP contribution is 2.20. The van der Waals surface area contributed by atoms with E-state index in [4.69, 9.17) is 4.74 Å². The molecule has 0 spiro atoms. The molecule has 17 heavy (non-hydrogen) atoms. The number of ether oxygens (including phenoxy) is 1. The smallest absolute Gasteiger partial charge is 0.410 e. The molecular formula is C13H18N2O2. The molecule has 0 radical (unpaired) electrons. The van der Waals surface area contributed by atoms with E-state index < -0.39 is 0 Å². The van der Waals surface area contributed by atoms with Crippen LogP contribution in [0.1, 0.15) is 11.1 Å². The lowest BCUT2D eigenvalue weighted by atomic mass is 10.1. The standard InChI is InChI=1S/C13H18N2O2/c1-10-3-4-11(2)12(9-10)17-13(16)15-7-5-14-6-8-15/h3-4,9,14H,5-8H2,1-2H3. The van der Waals surface area contributed by atoms with Crippen LogP contribution in [0.4, 0.5) is 4.79 Å². The van der Waals surface area contributed by atoms with E-state index >= 15 is 0 Å². The molecule has 1 aromatic rings. The molecule has 0 aromatic heterocycles. The minimum Gasteiger partial charge on any atom is -0.410 e. The van der Waals surface area contributed by atoms with E-state index in [0.717, 1.165) is 24.2 Å². The zero-order valence-corrected chi connectivity index (χ0v) is 10.3. The molecule has 1 fully saturated rings. The van der Waals surface area contributed by atoms with Gasteiger partial charge in [0.15, 0.2) is 0 Å². The second-order valence-corrected chi connectivity index (χ2v) is 4.37. The number of nitrogens with zero attached hydrogens (tertiary/aromatic N) is 1. The third-order valence-corrected chi connectivity index (χ3v) is 2.92. The Morgan fingerprint density at radius 3 is 2.71 bits per heavy atom. The minimum atomic E-state index is -0.250. The van der Waals surface area contributed by atoms with Gasteiger partial charge in [-0.25, -0.2) is 4.79 Å². The van der Waals surface area contributed by atoms with Gasteiger partial charge < -0.3 is 15.0 Å². The lowest BCUT2D eigenvalue weighted by molar-refractivity contribution is 0.145. The van der Waals surface area contributed by atoms with Crippen LogP contribution in [0, 0.1) is 13.8 Å². The first kappa shape index (κ1) is 11.9. The average Bonchev–Trinajstić information content (AvgIpc) is 2.35. The molecule has 1 N–H and O–H groups in total. The number of aryl methyl sites for hydroxylation is 2. The van der Waals surface area contributed by atoms with Gasteiger partial charge in [-0.15, -0.1) is 0 Å². The van der Waals surface area contributed by atoms with Gasteiger partial charge in [0, 0.05) is 26.2 Å². The van der Waals surface area contributed by atoms with Crippen molar-refractivity contribution in [2.45, 2.75) is 13.8 Å². The fourth-order valence-corrected chi connectivity index (χ4v) is 1.82. The van der Waals surface area contributed by atoms with Crippen molar-refractivity contribution >= 4 is 6.09 Å². The molecular weight excluding hydrogens is 216 g/mol. The highest BCUT2D eigenvalue weighted by molar-refractivity contribution is 5.71. The van der Waals surface area contributed by atoms with Crippen molar-refractivity contribution in [2.24, 2.45) is 0 Å². The number of carbonyl (C=O) groups excluding carboxylic acids is 1. The SMILES string of the molecule is Cc1ccc(C)c(OC(=O)N2CCNCC2)c1. The number of benzene rings is 1. The quantitative estimate of drug-likeness (QED) is 0.804. The Bertz CT molecular complexity index is 412. The lowest BCUT2D eigenvalue weighted by Crippen LogP contribution is -2.47. The minimum absolute atomic E-state index is 0.250. The summed E-state index contributed by atoms with van der Waals surface area (Å²) in [6.07, 6.45) is -0.250. The van der Waals surface area contributed by atoms with Crippen molar-refractivity contribution in [2.75, 3.05) is 26.2 Å². The lowest BCUT2D eigenvalue weighted by Gasteiger charge is -2.26. The molecule has 0 saturated carbocycles. The number of hydrogen-bond donors (Lipinski definition) is 1. The zero-order chi connectivity index (χ0) is 12.3. The Morgan fingerprint density at radius 2 is 2.00 bits per heavy atom. The Labute approximate surface area is 102 Å². The number of hydrogen-bond acceptors (Lipinski definition) is 3. The molecule has 1 amide bonds. The summed E-state index contributed by atoms with van der Waals surface area (Å²) < 4.78 is 5.42. The Balaban J connectivity index is 2.04. The summed E-state index contributed by atoms with van der Waals surface area (Å²) in [7, 11) is 0. The van der Waals surface area contributed by atoms with Gasteiger partial charge in [-0.1, -0.05) is 12.1 Å². The molecule has 1 aromatic carbocycles. The molecule has 92 valence electrons. The zero-order valence-electron chi connectivity index (χ0n) is 10.3. The van der Waals surface area contributed by atoms with Crippen LogP contribution in [0.25, 0.3) is 0 Å². The second kappa shape index (κ2) is 5.19. The number of carbonyl (C=O) groups is 1. The number of amides is 1. The van der Waals surface area contributed by atoms with Crippen molar-refractivity contribution in [3.63, 3.8) is 0 Å². The van der Waals surface area contributed by atoms with E-state index in [1.165, 1.54) is 0 Å². The van der Waals surface area contributed by atoms with Crippen LogP contribution in [0.2, 0.25) is 0 Å². The average molecular weight is 234 g/mol. The van der Waals surface area contributed by atoms with Crippen LogP contribution in [-0.4, -0.2) is 37.2 Å². The van der Waals surface area contributed by atoms with Gasteiger partial charge in [0.25, 0.3) is 0 Å². The van der Waals surface area contributed by atoms with E-state index in [0.29, 0.717) is 18.8 Å². The van der Waals surface area contributed by atoms with E-state index in [1.807, 2.05) is 32.0 Å². The normalized spacial score (nSPS) is 15.8. The van der Waals surface area contributed by atoms with Crippen molar-refractivity contribution in [3.05, 3.63) is 29.3 Å². The number of rotatable bonds is 1. The van der Waals surface area contributed by atoms with Gasteiger partial charge in [-0.3, -0.25) is 0 Å². The highest BCUT2D eigenvalue weighted by atomic mass is 16.6. The van der Waals surface area contributed by atoms with E-state index in [-0.39, 0.29) is 6.09 Å². The van der Waals surface area contributed by atoms with Crippen molar-refractivity contribution in [3.8, 4) is 5.75 Å². The molecule has 0 aliphatic carbocycles. The first-order chi connectivity index (χ1) is 8.16. The molecule has 1 aliphatic rings. The maximum atomic E-state index is 11.9. The van der Waals surface area contributed by atoms with Gasteiger partial charge >= 0.3 is 6.09 Å². The molecule has 1 saturated heterocycles. The summed E-state index contributed by atoms with van der Waals surface area (Å²) in [5, 5.41) is 3.20. The predicted molar refractivity (Wildman–Crippen MR) is 66.4 cm³/mol. The Kier molecular flexibility index (Phi) is 3.64. The third kappa shape index (κ3) is 2.97. The van der Waals surface area contributed by atoms with Gasteiger partial charge in [0.2, 0.25) is 0 Å². The fraction of sp³-hybridized carbons (Fsp3) is 0.462. The summed E-state index contributed by atoms with van der Waals surface area (Å²) in [6.45, 7) is 7.03.